The van der Waals surface area contributed by atoms with Crippen LogP contribution in [0.1, 0.15) is 51.0 Å². The molecule has 4 fully saturated rings. The minimum Gasteiger partial charge on any atom is -0.462 e. The van der Waals surface area contributed by atoms with Gasteiger partial charge in [-0.1, -0.05) is 54.1 Å². The molecule has 0 N–H and O–H groups in total. The van der Waals surface area contributed by atoms with Crippen LogP contribution in [0, 0.1) is 30.1 Å². The van der Waals surface area contributed by atoms with E-state index in [1.165, 1.54) is 39.5 Å². The zero-order valence-corrected chi connectivity index (χ0v) is 25.1. The van der Waals surface area contributed by atoms with Gasteiger partial charge >= 0.3 is 17.9 Å². The van der Waals surface area contributed by atoms with Gasteiger partial charge in [-0.3, -0.25) is 4.79 Å². The van der Waals surface area contributed by atoms with Crippen LogP contribution in [0.2, 0.25) is 0 Å². The second-order valence-corrected chi connectivity index (χ2v) is 14.1. The van der Waals surface area contributed by atoms with Crippen LogP contribution in [0.25, 0.3) is 0 Å². The number of alkyl halides is 2. The Balaban J connectivity index is 0.000000169. The van der Waals surface area contributed by atoms with Gasteiger partial charge in [0.05, 0.1) is 16.3 Å². The van der Waals surface area contributed by atoms with Crippen molar-refractivity contribution in [2.24, 2.45) is 23.2 Å². The fraction of sp³-hybridized carbons (Fsp3) is 0.429. The van der Waals surface area contributed by atoms with E-state index in [0.717, 1.165) is 19.3 Å². The van der Waals surface area contributed by atoms with E-state index in [-0.39, 0.29) is 35.5 Å². The van der Waals surface area contributed by atoms with E-state index in [9.17, 15) is 18.4 Å². The van der Waals surface area contributed by atoms with Gasteiger partial charge in [0.1, 0.15) is 13.2 Å². The van der Waals surface area contributed by atoms with E-state index in [4.69, 9.17) is 4.74 Å². The van der Waals surface area contributed by atoms with Gasteiger partial charge in [0.15, 0.2) is 14.7 Å². The number of halogens is 2. The van der Waals surface area contributed by atoms with Gasteiger partial charge in [0, 0.05) is 6.92 Å². The lowest BCUT2D eigenvalue weighted by molar-refractivity contribution is -0.179. The van der Waals surface area contributed by atoms with Crippen molar-refractivity contribution in [3.8, 4) is 0 Å². The summed E-state index contributed by atoms with van der Waals surface area (Å²) < 4.78 is 34.9. The molecule has 0 spiro atoms. The van der Waals surface area contributed by atoms with E-state index in [2.05, 4.69) is 96.6 Å². The first-order valence-corrected chi connectivity index (χ1v) is 16.0. The normalized spacial score (nSPS) is 24.1. The van der Waals surface area contributed by atoms with Crippen LogP contribution in [0.4, 0.5) is 8.78 Å². The SMILES string of the molecule is CC(F)(F)C(=O)OCCOC(=O)C12CC3CC(CC(C3)C1)C2.Cc1ccc([S+](c2ccccc2)c2ccccc2)cc1. The second-order valence-electron chi connectivity index (χ2n) is 12.1. The largest absolute Gasteiger partial charge is 0.462 e. The number of aryl methyl sites for hydroxylation is 1. The molecule has 3 aromatic rings. The highest BCUT2D eigenvalue weighted by Crippen LogP contribution is 2.60. The fourth-order valence-electron chi connectivity index (χ4n) is 7.10. The third kappa shape index (κ3) is 7.23. The molecule has 4 saturated carbocycles. The molecule has 4 aliphatic carbocycles. The van der Waals surface area contributed by atoms with Gasteiger partial charge in [-0.15, -0.1) is 0 Å². The molecule has 3 aromatic carbocycles. The third-order valence-electron chi connectivity index (χ3n) is 8.59. The fourth-order valence-corrected chi connectivity index (χ4v) is 9.19. The highest BCUT2D eigenvalue weighted by atomic mass is 32.2. The van der Waals surface area contributed by atoms with Crippen molar-refractivity contribution in [2.75, 3.05) is 13.2 Å². The van der Waals surface area contributed by atoms with Gasteiger partial charge in [-0.05, 0) is 99.6 Å². The van der Waals surface area contributed by atoms with Crippen molar-refractivity contribution in [3.63, 3.8) is 0 Å². The lowest BCUT2D eigenvalue weighted by Gasteiger charge is -2.55. The smallest absolute Gasteiger partial charge is 0.376 e. The first kappa shape index (κ1) is 30.3. The van der Waals surface area contributed by atoms with Gasteiger partial charge in [-0.2, -0.15) is 8.78 Å². The molecule has 222 valence electrons. The summed E-state index contributed by atoms with van der Waals surface area (Å²) in [6.07, 6.45) is 6.38. The van der Waals surface area contributed by atoms with Crippen molar-refractivity contribution in [2.45, 2.75) is 73.0 Å². The van der Waals surface area contributed by atoms with Crippen molar-refractivity contribution in [1.82, 2.24) is 0 Å². The molecule has 4 aliphatic rings. The highest BCUT2D eigenvalue weighted by Gasteiger charge is 2.55. The van der Waals surface area contributed by atoms with E-state index in [0.29, 0.717) is 24.7 Å². The molecule has 0 aromatic heterocycles. The maximum Gasteiger partial charge on any atom is 0.376 e. The van der Waals surface area contributed by atoms with Crippen molar-refractivity contribution < 1.29 is 27.8 Å². The van der Waals surface area contributed by atoms with Gasteiger partial charge in [0.2, 0.25) is 0 Å². The summed E-state index contributed by atoms with van der Waals surface area (Å²) in [6, 6.07) is 30.4. The standard InChI is InChI=1S/C19H17S.C16H22F2O4/c1-16-12-14-19(15-13-16)20(17-8-4-2-5-9-17)18-10-6-3-7-11-18;1-15(17,18)13(19)21-2-3-22-14(20)16-7-10-4-11(8-16)6-12(5-10)9-16/h2-15H,1H3;10-12H,2-9H2,1H3/q+1;. The first-order chi connectivity index (χ1) is 20.1. The van der Waals surface area contributed by atoms with Crippen molar-refractivity contribution >= 4 is 22.8 Å². The van der Waals surface area contributed by atoms with Crippen LogP contribution in [-0.2, 0) is 30.0 Å². The number of benzene rings is 3. The summed E-state index contributed by atoms with van der Waals surface area (Å²) in [6.45, 7) is 2.15. The predicted molar refractivity (Wildman–Crippen MR) is 159 cm³/mol. The van der Waals surface area contributed by atoms with Crippen LogP contribution in [0.3, 0.4) is 0 Å². The number of carbonyl (C=O) groups excluding carboxylic acids is 2. The lowest BCUT2D eigenvalue weighted by Crippen LogP contribution is -2.50. The maximum absolute atomic E-state index is 12.6. The summed E-state index contributed by atoms with van der Waals surface area (Å²) in [5.74, 6) is -3.42. The summed E-state index contributed by atoms with van der Waals surface area (Å²) in [7, 11) is -0.0229. The Morgan fingerprint density at radius 2 is 1.17 bits per heavy atom. The topological polar surface area (TPSA) is 52.6 Å². The number of carbonyl (C=O) groups is 2. The Bertz CT molecular complexity index is 1260. The molecule has 7 heteroatoms. The summed E-state index contributed by atoms with van der Waals surface area (Å²) in [5.41, 5.74) is 0.936. The zero-order valence-electron chi connectivity index (χ0n) is 24.3. The Hall–Kier alpha value is -3.19. The monoisotopic (exact) mass is 593 g/mol. The number of esters is 2. The Morgan fingerprint density at radius 3 is 1.62 bits per heavy atom. The molecule has 0 unspecified atom stereocenters. The molecule has 4 nitrogen and oxygen atoms in total. The van der Waals surface area contributed by atoms with E-state index < -0.39 is 11.9 Å². The number of hydrogen-bond acceptors (Lipinski definition) is 4. The molecule has 0 aliphatic heterocycles. The molecule has 0 amide bonds. The minimum atomic E-state index is -3.51. The Morgan fingerprint density at radius 1 is 0.738 bits per heavy atom. The molecular weight excluding hydrogens is 554 g/mol. The van der Waals surface area contributed by atoms with Crippen molar-refractivity contribution in [1.29, 1.82) is 0 Å². The van der Waals surface area contributed by atoms with E-state index >= 15 is 0 Å². The summed E-state index contributed by atoms with van der Waals surface area (Å²) in [5, 5.41) is 0. The molecule has 0 radical (unpaired) electrons. The van der Waals surface area contributed by atoms with E-state index in [1.807, 2.05) is 0 Å². The molecule has 0 atom stereocenters. The lowest BCUT2D eigenvalue weighted by atomic mass is 9.49. The molecule has 0 heterocycles. The average Bonchev–Trinajstić information content (AvgIpc) is 2.96. The van der Waals surface area contributed by atoms with Gasteiger partial charge in [-0.25, -0.2) is 4.79 Å². The first-order valence-electron chi connectivity index (χ1n) is 14.8. The van der Waals surface area contributed by atoms with Crippen LogP contribution < -0.4 is 0 Å². The maximum atomic E-state index is 12.6. The van der Waals surface area contributed by atoms with Crippen LogP contribution in [0.5, 0.6) is 0 Å². The summed E-state index contributed by atoms with van der Waals surface area (Å²) in [4.78, 5) is 27.4. The van der Waals surface area contributed by atoms with Gasteiger partial charge < -0.3 is 9.47 Å². The summed E-state index contributed by atoms with van der Waals surface area (Å²) >= 11 is 0. The predicted octanol–water partition coefficient (Wildman–Crippen LogP) is 8.03. The molecule has 7 rings (SSSR count). The molecule has 0 saturated heterocycles. The number of ether oxygens (including phenoxy) is 2. The van der Waals surface area contributed by atoms with Crippen LogP contribution in [-0.4, -0.2) is 31.1 Å². The van der Waals surface area contributed by atoms with Crippen LogP contribution in [0.15, 0.2) is 99.6 Å². The molecule has 42 heavy (non-hydrogen) atoms. The number of hydrogen-bond donors (Lipinski definition) is 0. The Kier molecular flexibility index (Phi) is 9.36. The zero-order chi connectivity index (χ0) is 29.7. The minimum absolute atomic E-state index is 0.0229. The third-order valence-corrected chi connectivity index (χ3v) is 10.8. The van der Waals surface area contributed by atoms with Crippen molar-refractivity contribution in [3.05, 3.63) is 90.5 Å². The number of rotatable bonds is 8. The van der Waals surface area contributed by atoms with Gasteiger partial charge in [0.25, 0.3) is 0 Å². The molecular formula is C35H39F2O4S+. The van der Waals surface area contributed by atoms with E-state index in [1.54, 1.807) is 0 Å². The quantitative estimate of drug-likeness (QED) is 0.151. The Labute approximate surface area is 250 Å². The average molecular weight is 594 g/mol. The molecule has 4 bridgehead atoms. The highest BCUT2D eigenvalue weighted by molar-refractivity contribution is 7.97. The van der Waals surface area contributed by atoms with Crippen LogP contribution >= 0.6 is 0 Å². The second kappa shape index (κ2) is 13.0.